The fraction of sp³-hybridized carbons (Fsp3) is 0.308. The Labute approximate surface area is 93.7 Å². The molecule has 3 nitrogen and oxygen atoms in total. The lowest BCUT2D eigenvalue weighted by Gasteiger charge is -2.03. The summed E-state index contributed by atoms with van der Waals surface area (Å²) >= 11 is 0. The highest BCUT2D eigenvalue weighted by Crippen LogP contribution is 2.51. The van der Waals surface area contributed by atoms with E-state index in [0.29, 0.717) is 5.76 Å². The molecule has 1 spiro atoms. The zero-order valence-electron chi connectivity index (χ0n) is 9.03. The maximum absolute atomic E-state index is 11.1. The topological polar surface area (TPSA) is 35.5 Å². The fourth-order valence-corrected chi connectivity index (χ4v) is 1.85. The molecule has 82 valence electrons. The van der Waals surface area contributed by atoms with Gasteiger partial charge < -0.3 is 9.47 Å². The van der Waals surface area contributed by atoms with E-state index in [4.69, 9.17) is 9.47 Å². The van der Waals surface area contributed by atoms with Gasteiger partial charge in [0, 0.05) is 0 Å². The van der Waals surface area contributed by atoms with Gasteiger partial charge in [-0.05, 0) is 31.4 Å². The van der Waals surface area contributed by atoms with Crippen LogP contribution in [0.1, 0.15) is 24.0 Å². The highest BCUT2D eigenvalue weighted by atomic mass is 16.8. The Bertz CT molecular complexity index is 466. The number of hydrogen-bond acceptors (Lipinski definition) is 3. The Morgan fingerprint density at radius 1 is 1.25 bits per heavy atom. The monoisotopic (exact) mass is 216 g/mol. The molecule has 3 heteroatoms. The Morgan fingerprint density at radius 2 is 1.94 bits per heavy atom. The van der Waals surface area contributed by atoms with Gasteiger partial charge in [0.1, 0.15) is 0 Å². The molecule has 1 heterocycles. The van der Waals surface area contributed by atoms with Crippen LogP contribution in [0.25, 0.3) is 6.08 Å². The van der Waals surface area contributed by atoms with Crippen LogP contribution in [0.5, 0.6) is 0 Å². The van der Waals surface area contributed by atoms with Crippen molar-refractivity contribution in [3.63, 3.8) is 0 Å². The largest absolute Gasteiger partial charge is 0.514 e. The van der Waals surface area contributed by atoms with Gasteiger partial charge in [-0.25, -0.2) is 4.79 Å². The molecule has 2 aliphatic rings. The summed E-state index contributed by atoms with van der Waals surface area (Å²) in [6, 6.07) is 8.07. The van der Waals surface area contributed by atoms with Crippen LogP contribution in [0, 0.1) is 6.92 Å². The number of ether oxygens (including phenoxy) is 2. The highest BCUT2D eigenvalue weighted by Gasteiger charge is 2.57. The van der Waals surface area contributed by atoms with Crippen LogP contribution in [0.4, 0.5) is 4.79 Å². The summed E-state index contributed by atoms with van der Waals surface area (Å²) in [6.07, 6.45) is 3.06. The average Bonchev–Trinajstić information content (AvgIpc) is 2.94. The van der Waals surface area contributed by atoms with Gasteiger partial charge in [0.05, 0.1) is 0 Å². The highest BCUT2D eigenvalue weighted by molar-refractivity contribution is 5.71. The molecule has 0 atom stereocenters. The first kappa shape index (κ1) is 9.46. The first-order valence-electron chi connectivity index (χ1n) is 5.38. The van der Waals surface area contributed by atoms with Crippen LogP contribution >= 0.6 is 0 Å². The third kappa shape index (κ3) is 1.48. The van der Waals surface area contributed by atoms with Crippen LogP contribution in [0.2, 0.25) is 0 Å². The molecule has 1 aromatic carbocycles. The fourth-order valence-electron chi connectivity index (χ4n) is 1.85. The van der Waals surface area contributed by atoms with Crippen LogP contribution in [0.15, 0.2) is 30.0 Å². The zero-order chi connectivity index (χ0) is 11.2. The molecule has 3 rings (SSSR count). The number of carbonyl (C=O) groups is 1. The summed E-state index contributed by atoms with van der Waals surface area (Å²) in [6.45, 7) is 2.04. The molecule has 2 fully saturated rings. The van der Waals surface area contributed by atoms with E-state index in [1.54, 1.807) is 0 Å². The first-order chi connectivity index (χ1) is 7.68. The SMILES string of the molecule is Cc1ccc(/C=C2/OC(=O)OC23CC3)cc1. The summed E-state index contributed by atoms with van der Waals surface area (Å²) in [7, 11) is 0. The van der Waals surface area contributed by atoms with Gasteiger partial charge in [-0.3, -0.25) is 0 Å². The van der Waals surface area contributed by atoms with Gasteiger partial charge in [-0.2, -0.15) is 0 Å². The van der Waals surface area contributed by atoms with Crippen molar-refractivity contribution in [3.8, 4) is 0 Å². The van der Waals surface area contributed by atoms with E-state index in [0.717, 1.165) is 18.4 Å². The van der Waals surface area contributed by atoms with E-state index in [1.165, 1.54) is 5.56 Å². The van der Waals surface area contributed by atoms with Crippen LogP contribution in [-0.4, -0.2) is 11.8 Å². The van der Waals surface area contributed by atoms with Crippen molar-refractivity contribution >= 4 is 12.2 Å². The van der Waals surface area contributed by atoms with Crippen molar-refractivity contribution in [1.82, 2.24) is 0 Å². The van der Waals surface area contributed by atoms with Gasteiger partial charge in [0.2, 0.25) is 0 Å². The van der Waals surface area contributed by atoms with Crippen molar-refractivity contribution in [2.24, 2.45) is 0 Å². The normalized spacial score (nSPS) is 23.3. The summed E-state index contributed by atoms with van der Waals surface area (Å²) in [4.78, 5) is 11.1. The minimum Gasteiger partial charge on any atom is -0.419 e. The number of carbonyl (C=O) groups excluding carboxylic acids is 1. The Kier molecular flexibility index (Phi) is 1.84. The van der Waals surface area contributed by atoms with Crippen molar-refractivity contribution in [3.05, 3.63) is 41.2 Å². The maximum Gasteiger partial charge on any atom is 0.514 e. The molecule has 0 bridgehead atoms. The molecule has 1 saturated carbocycles. The molecule has 1 aliphatic carbocycles. The standard InChI is InChI=1S/C13H12O3/c1-9-2-4-10(5-3-9)8-11-13(6-7-13)16-12(14)15-11/h2-5,8H,6-7H2,1H3/b11-8+. The second-order valence-corrected chi connectivity index (χ2v) is 4.37. The summed E-state index contributed by atoms with van der Waals surface area (Å²) in [5.74, 6) is 0.654. The second kappa shape index (κ2) is 3.11. The smallest absolute Gasteiger partial charge is 0.419 e. The van der Waals surface area contributed by atoms with E-state index in [2.05, 4.69) is 0 Å². The maximum atomic E-state index is 11.1. The van der Waals surface area contributed by atoms with Gasteiger partial charge >= 0.3 is 6.16 Å². The third-order valence-electron chi connectivity index (χ3n) is 3.00. The molecule has 0 amide bonds. The van der Waals surface area contributed by atoms with Gasteiger partial charge in [0.15, 0.2) is 11.4 Å². The van der Waals surface area contributed by atoms with Crippen molar-refractivity contribution in [2.75, 3.05) is 0 Å². The molecule has 0 N–H and O–H groups in total. The molecule has 0 aromatic heterocycles. The second-order valence-electron chi connectivity index (χ2n) is 4.37. The summed E-state index contributed by atoms with van der Waals surface area (Å²) < 4.78 is 10.2. The number of hydrogen-bond donors (Lipinski definition) is 0. The zero-order valence-corrected chi connectivity index (χ0v) is 9.03. The first-order valence-corrected chi connectivity index (χ1v) is 5.38. The van der Waals surface area contributed by atoms with Crippen molar-refractivity contribution in [1.29, 1.82) is 0 Å². The van der Waals surface area contributed by atoms with Gasteiger partial charge in [-0.15, -0.1) is 0 Å². The van der Waals surface area contributed by atoms with Crippen molar-refractivity contribution in [2.45, 2.75) is 25.4 Å². The average molecular weight is 216 g/mol. The molecule has 1 aliphatic heterocycles. The molecule has 16 heavy (non-hydrogen) atoms. The lowest BCUT2D eigenvalue weighted by atomic mass is 10.1. The predicted molar refractivity (Wildman–Crippen MR) is 58.7 cm³/mol. The number of benzene rings is 1. The summed E-state index contributed by atoms with van der Waals surface area (Å²) in [5.41, 5.74) is 1.82. The van der Waals surface area contributed by atoms with Gasteiger partial charge in [-0.1, -0.05) is 29.8 Å². The minimum atomic E-state index is -0.573. The molecule has 1 saturated heterocycles. The number of aryl methyl sites for hydroxylation is 1. The lowest BCUT2D eigenvalue weighted by Crippen LogP contribution is -2.07. The quantitative estimate of drug-likeness (QED) is 0.677. The molecule has 1 aromatic rings. The molecular weight excluding hydrogens is 204 g/mol. The Balaban J connectivity index is 1.92. The lowest BCUT2D eigenvalue weighted by molar-refractivity contribution is 0.112. The van der Waals surface area contributed by atoms with Crippen molar-refractivity contribution < 1.29 is 14.3 Å². The molecule has 0 unspecified atom stereocenters. The third-order valence-corrected chi connectivity index (χ3v) is 3.00. The van der Waals surface area contributed by atoms with E-state index in [9.17, 15) is 4.79 Å². The minimum absolute atomic E-state index is 0.429. The van der Waals surface area contributed by atoms with Crippen LogP contribution in [-0.2, 0) is 9.47 Å². The number of rotatable bonds is 1. The summed E-state index contributed by atoms with van der Waals surface area (Å²) in [5, 5.41) is 0. The van der Waals surface area contributed by atoms with E-state index >= 15 is 0 Å². The van der Waals surface area contributed by atoms with Crippen LogP contribution < -0.4 is 0 Å². The predicted octanol–water partition coefficient (Wildman–Crippen LogP) is 3.04. The van der Waals surface area contributed by atoms with Gasteiger partial charge in [0.25, 0.3) is 0 Å². The molecule has 0 radical (unpaired) electrons. The molecular formula is C13H12O3. The number of cyclic esters (lactones) is 1. The van der Waals surface area contributed by atoms with E-state index in [1.807, 2.05) is 37.3 Å². The Morgan fingerprint density at radius 3 is 2.56 bits per heavy atom. The Hall–Kier alpha value is -1.77. The van der Waals surface area contributed by atoms with E-state index in [-0.39, 0.29) is 0 Å². The van der Waals surface area contributed by atoms with Crippen LogP contribution in [0.3, 0.4) is 0 Å². The van der Waals surface area contributed by atoms with E-state index < -0.39 is 11.8 Å².